The summed E-state index contributed by atoms with van der Waals surface area (Å²) in [4.78, 5) is 3.72. The Morgan fingerprint density at radius 3 is 2.85 bits per heavy atom. The summed E-state index contributed by atoms with van der Waals surface area (Å²) in [6.45, 7) is 1.59. The van der Waals surface area contributed by atoms with Crippen molar-refractivity contribution in [1.29, 1.82) is 0 Å². The van der Waals surface area contributed by atoms with Crippen LogP contribution in [0.15, 0.2) is 27.9 Å². The third kappa shape index (κ3) is 3.11. The van der Waals surface area contributed by atoms with Gasteiger partial charge in [0.15, 0.2) is 5.82 Å². The molecule has 7 nitrogen and oxygen atoms in total. The van der Waals surface area contributed by atoms with Crippen LogP contribution in [0.5, 0.6) is 0 Å². The molecule has 0 aliphatic heterocycles. The summed E-state index contributed by atoms with van der Waals surface area (Å²) < 4.78 is 44.3. The molecular formula is C11H13FN4O3S. The summed E-state index contributed by atoms with van der Waals surface area (Å²) in [5.41, 5.74) is 5.46. The highest BCUT2D eigenvalue weighted by atomic mass is 32.2. The van der Waals surface area contributed by atoms with Gasteiger partial charge in [0.2, 0.25) is 16.4 Å². The van der Waals surface area contributed by atoms with Crippen LogP contribution in [0.2, 0.25) is 0 Å². The number of nitrogens with zero attached hydrogens (tertiary/aromatic N) is 2. The fraction of sp³-hybridized carbons (Fsp3) is 0.273. The summed E-state index contributed by atoms with van der Waals surface area (Å²) in [5, 5.41) is 3.56. The van der Waals surface area contributed by atoms with Gasteiger partial charge in [-0.1, -0.05) is 5.16 Å². The largest absolute Gasteiger partial charge is 0.396 e. The molecule has 0 radical (unpaired) electrons. The van der Waals surface area contributed by atoms with Gasteiger partial charge in [-0.25, -0.2) is 17.5 Å². The second kappa shape index (κ2) is 5.55. The quantitative estimate of drug-likeness (QED) is 0.783. The Morgan fingerprint density at radius 1 is 1.45 bits per heavy atom. The van der Waals surface area contributed by atoms with Crippen LogP contribution in [0.3, 0.4) is 0 Å². The van der Waals surface area contributed by atoms with Crippen LogP contribution < -0.4 is 10.5 Å². The van der Waals surface area contributed by atoms with E-state index in [-0.39, 0.29) is 29.1 Å². The molecule has 3 N–H and O–H groups in total. The van der Waals surface area contributed by atoms with E-state index in [4.69, 9.17) is 5.73 Å². The number of sulfonamides is 1. The van der Waals surface area contributed by atoms with Gasteiger partial charge in [0.05, 0.1) is 10.6 Å². The van der Waals surface area contributed by atoms with Crippen LogP contribution in [0, 0.1) is 12.7 Å². The van der Waals surface area contributed by atoms with Crippen LogP contribution in [-0.4, -0.2) is 25.1 Å². The molecule has 0 aliphatic carbocycles. The fourth-order valence-electron chi connectivity index (χ4n) is 1.64. The molecule has 1 aromatic heterocycles. The second-order valence-corrected chi connectivity index (χ2v) is 5.87. The topological polar surface area (TPSA) is 111 Å². The smallest absolute Gasteiger partial charge is 0.240 e. The van der Waals surface area contributed by atoms with E-state index in [0.29, 0.717) is 5.82 Å². The Bertz CT molecular complexity index is 701. The van der Waals surface area contributed by atoms with E-state index in [0.717, 1.165) is 18.5 Å². The molecule has 1 aromatic carbocycles. The lowest BCUT2D eigenvalue weighted by molar-refractivity contribution is 0.410. The zero-order valence-electron chi connectivity index (χ0n) is 10.6. The van der Waals surface area contributed by atoms with E-state index in [2.05, 4.69) is 19.4 Å². The number of nitrogens with one attached hydrogen (secondary N) is 1. The molecule has 0 fully saturated rings. The van der Waals surface area contributed by atoms with Crippen LogP contribution in [0.1, 0.15) is 11.4 Å². The summed E-state index contributed by atoms with van der Waals surface area (Å²) >= 11 is 0. The molecule has 2 rings (SSSR count). The molecule has 0 aliphatic rings. The lowest BCUT2D eigenvalue weighted by Gasteiger charge is -2.10. The van der Waals surface area contributed by atoms with Crippen molar-refractivity contribution in [3.63, 3.8) is 0 Å². The Hall–Kier alpha value is -2.00. The molecule has 20 heavy (non-hydrogen) atoms. The average molecular weight is 300 g/mol. The van der Waals surface area contributed by atoms with Gasteiger partial charge in [-0.05, 0) is 24.6 Å². The van der Waals surface area contributed by atoms with Crippen molar-refractivity contribution in [1.82, 2.24) is 14.9 Å². The van der Waals surface area contributed by atoms with E-state index in [1.807, 2.05) is 0 Å². The molecule has 1 heterocycles. The highest BCUT2D eigenvalue weighted by molar-refractivity contribution is 7.89. The zero-order valence-corrected chi connectivity index (χ0v) is 11.4. The molecule has 108 valence electrons. The number of aryl methyl sites for hydroxylation is 1. The minimum atomic E-state index is -3.77. The Balaban J connectivity index is 2.12. The first-order valence-electron chi connectivity index (χ1n) is 5.70. The highest BCUT2D eigenvalue weighted by Gasteiger charge is 2.18. The van der Waals surface area contributed by atoms with Crippen molar-refractivity contribution in [2.24, 2.45) is 0 Å². The van der Waals surface area contributed by atoms with Crippen molar-refractivity contribution < 1.29 is 17.3 Å². The van der Waals surface area contributed by atoms with Gasteiger partial charge in [-0.15, -0.1) is 0 Å². The number of anilines is 1. The lowest BCUT2D eigenvalue weighted by atomic mass is 10.2. The number of nitrogen functional groups attached to an aromatic ring is 1. The first-order chi connectivity index (χ1) is 9.40. The van der Waals surface area contributed by atoms with Crippen LogP contribution >= 0.6 is 0 Å². The molecule has 0 amide bonds. The second-order valence-electron chi connectivity index (χ2n) is 4.13. The molecule has 0 atom stereocenters. The van der Waals surface area contributed by atoms with Crippen molar-refractivity contribution in [2.45, 2.75) is 18.2 Å². The first kappa shape index (κ1) is 14.4. The summed E-state index contributed by atoms with van der Waals surface area (Å²) in [7, 11) is -3.77. The van der Waals surface area contributed by atoms with E-state index < -0.39 is 15.8 Å². The zero-order chi connectivity index (χ0) is 14.8. The van der Waals surface area contributed by atoms with Gasteiger partial charge in [0.1, 0.15) is 5.82 Å². The predicted octanol–water partition coefficient (Wildman–Crippen LogP) is 0.620. The number of benzene rings is 1. The van der Waals surface area contributed by atoms with Gasteiger partial charge in [0, 0.05) is 13.0 Å². The number of hydrogen-bond donors (Lipinski definition) is 2. The van der Waals surface area contributed by atoms with Crippen LogP contribution in [0.4, 0.5) is 10.1 Å². The first-order valence-corrected chi connectivity index (χ1v) is 7.19. The van der Waals surface area contributed by atoms with E-state index in [1.54, 1.807) is 0 Å². The highest BCUT2D eigenvalue weighted by Crippen LogP contribution is 2.21. The minimum absolute atomic E-state index is 0.0514. The Labute approximate surface area is 115 Å². The number of aromatic nitrogens is 2. The lowest BCUT2D eigenvalue weighted by Crippen LogP contribution is -2.27. The number of nitrogens with two attached hydrogens (primary N) is 1. The maximum absolute atomic E-state index is 13.2. The predicted molar refractivity (Wildman–Crippen MR) is 68.7 cm³/mol. The number of rotatable bonds is 5. The van der Waals surface area contributed by atoms with Gasteiger partial charge in [0.25, 0.3) is 0 Å². The van der Waals surface area contributed by atoms with Crippen LogP contribution in [0.25, 0.3) is 0 Å². The van der Waals surface area contributed by atoms with Gasteiger partial charge in [-0.3, -0.25) is 0 Å². The fourth-order valence-corrected chi connectivity index (χ4v) is 2.93. The number of halogens is 1. The summed E-state index contributed by atoms with van der Waals surface area (Å²) in [6.07, 6.45) is 1.44. The minimum Gasteiger partial charge on any atom is -0.396 e. The SMILES string of the molecule is Cc1cc(F)c(N)cc1S(=O)(=O)NCCc1ncon1. The molecule has 0 bridgehead atoms. The molecular weight excluding hydrogens is 287 g/mol. The van der Waals surface area contributed by atoms with Crippen molar-refractivity contribution >= 4 is 15.7 Å². The maximum atomic E-state index is 13.2. The third-order valence-corrected chi connectivity index (χ3v) is 4.23. The molecule has 2 aromatic rings. The van der Waals surface area contributed by atoms with E-state index in [1.165, 1.54) is 6.92 Å². The summed E-state index contributed by atoms with van der Waals surface area (Å²) in [5.74, 6) is -0.253. The van der Waals surface area contributed by atoms with Gasteiger partial charge < -0.3 is 10.3 Å². The molecule has 0 saturated heterocycles. The average Bonchev–Trinajstić information content (AvgIpc) is 2.86. The molecule has 0 saturated carbocycles. The number of hydrogen-bond acceptors (Lipinski definition) is 6. The molecule has 0 spiro atoms. The monoisotopic (exact) mass is 300 g/mol. The third-order valence-electron chi connectivity index (χ3n) is 2.63. The normalized spacial score (nSPS) is 11.7. The molecule has 0 unspecified atom stereocenters. The Kier molecular flexibility index (Phi) is 4.00. The maximum Gasteiger partial charge on any atom is 0.240 e. The van der Waals surface area contributed by atoms with E-state index >= 15 is 0 Å². The standard InChI is InChI=1S/C11H13FN4O3S/c1-7-4-8(12)9(13)5-10(7)20(17,18)15-3-2-11-14-6-19-16-11/h4-6,15H,2-3,13H2,1H3. The van der Waals surface area contributed by atoms with Crippen molar-refractivity contribution in [3.05, 3.63) is 35.7 Å². The van der Waals surface area contributed by atoms with Crippen molar-refractivity contribution in [3.8, 4) is 0 Å². The van der Waals surface area contributed by atoms with Gasteiger partial charge >= 0.3 is 0 Å². The van der Waals surface area contributed by atoms with E-state index in [9.17, 15) is 12.8 Å². The van der Waals surface area contributed by atoms with Crippen molar-refractivity contribution in [2.75, 3.05) is 12.3 Å². The molecule has 9 heteroatoms. The summed E-state index contributed by atoms with van der Waals surface area (Å²) in [6, 6.07) is 2.18. The Morgan fingerprint density at radius 2 is 2.20 bits per heavy atom. The van der Waals surface area contributed by atoms with Gasteiger partial charge in [-0.2, -0.15) is 4.98 Å². The van der Waals surface area contributed by atoms with Crippen LogP contribution in [-0.2, 0) is 16.4 Å².